The van der Waals surface area contributed by atoms with Crippen LogP contribution in [0.25, 0.3) is 0 Å². The van der Waals surface area contributed by atoms with Crippen LogP contribution >= 0.6 is 0 Å². The molecule has 0 aromatic heterocycles. The lowest BCUT2D eigenvalue weighted by Gasteiger charge is -2.30. The fraction of sp³-hybridized carbons (Fsp3) is 0.696. The molecular formula is C23H40N6O10. The number of methoxy groups -OCH3 is 1. The smallest absolute Gasteiger partial charge is 0.253 e. The Balaban J connectivity index is 0.000000487. The molecule has 3 unspecified atom stereocenters. The highest BCUT2D eigenvalue weighted by molar-refractivity contribution is 6.30. The highest BCUT2D eigenvalue weighted by atomic mass is 16.8. The van der Waals surface area contributed by atoms with Gasteiger partial charge < -0.3 is 35.6 Å². The summed E-state index contributed by atoms with van der Waals surface area (Å²) in [5.41, 5.74) is 0.643. The number of aliphatic hydroxyl groups excluding tert-OH is 2. The molecule has 16 heteroatoms. The number of rotatable bonds is 16. The van der Waals surface area contributed by atoms with Crippen LogP contribution in [0, 0.1) is 0 Å². The lowest BCUT2D eigenvalue weighted by Crippen LogP contribution is -2.42. The lowest BCUT2D eigenvalue weighted by atomic mass is 10.0. The Kier molecular flexibility index (Phi) is 17.6. The topological polar surface area (TPSA) is 229 Å². The predicted molar refractivity (Wildman–Crippen MR) is 137 cm³/mol. The van der Waals surface area contributed by atoms with Crippen molar-refractivity contribution in [2.75, 3.05) is 59.7 Å². The summed E-state index contributed by atoms with van der Waals surface area (Å²) in [6.07, 6.45) is 3.54. The molecule has 7 N–H and O–H groups in total. The molecule has 1 fully saturated rings. The van der Waals surface area contributed by atoms with Crippen LogP contribution in [0.2, 0.25) is 0 Å². The lowest BCUT2D eigenvalue weighted by molar-refractivity contribution is -0.309. The minimum atomic E-state index is -0.824. The SMILES string of the molecule is COCC/C(C=NCCOCCNC(=O)CCN1C(=O)C=CC1=O)=N/N.OC1COC(CCN(O)O)CC1O. The van der Waals surface area contributed by atoms with Crippen molar-refractivity contribution >= 4 is 29.6 Å². The second-order valence-corrected chi connectivity index (χ2v) is 8.48. The number of aliphatic hydroxyl groups is 2. The van der Waals surface area contributed by atoms with Gasteiger partial charge in [0.1, 0.15) is 6.10 Å². The second kappa shape index (κ2) is 20.1. The molecule has 2 aliphatic heterocycles. The molecule has 0 aliphatic carbocycles. The number of hydrazone groups is 1. The summed E-state index contributed by atoms with van der Waals surface area (Å²) >= 11 is 0. The number of carbonyl (C=O) groups excluding carboxylic acids is 3. The zero-order valence-corrected chi connectivity index (χ0v) is 22.1. The number of nitrogens with two attached hydrogens (primary N) is 1. The molecule has 2 heterocycles. The van der Waals surface area contributed by atoms with Crippen molar-refractivity contribution < 1.29 is 49.2 Å². The Morgan fingerprint density at radius 1 is 1.21 bits per heavy atom. The van der Waals surface area contributed by atoms with E-state index in [4.69, 9.17) is 35.6 Å². The Bertz CT molecular complexity index is 820. The molecule has 16 nitrogen and oxygen atoms in total. The Hall–Kier alpha value is -2.83. The monoisotopic (exact) mass is 560 g/mol. The molecule has 0 saturated carbocycles. The quantitative estimate of drug-likeness (QED) is 0.0389. The number of ether oxygens (including phenoxy) is 3. The minimum Gasteiger partial charge on any atom is -0.390 e. The fourth-order valence-electron chi connectivity index (χ4n) is 3.28. The van der Waals surface area contributed by atoms with Crippen molar-refractivity contribution in [1.29, 1.82) is 0 Å². The average molecular weight is 561 g/mol. The molecule has 0 radical (unpaired) electrons. The minimum absolute atomic E-state index is 0.0616. The first kappa shape index (κ1) is 34.2. The van der Waals surface area contributed by atoms with E-state index in [9.17, 15) is 19.5 Å². The first-order valence-corrected chi connectivity index (χ1v) is 12.4. The van der Waals surface area contributed by atoms with Gasteiger partial charge in [0.15, 0.2) is 0 Å². The first-order valence-electron chi connectivity index (χ1n) is 12.4. The molecule has 1 saturated heterocycles. The van der Waals surface area contributed by atoms with Crippen LogP contribution in [-0.2, 0) is 28.6 Å². The van der Waals surface area contributed by atoms with E-state index in [1.807, 2.05) is 0 Å². The predicted octanol–water partition coefficient (Wildman–Crippen LogP) is -2.18. The number of hydrogen-bond acceptors (Lipinski definition) is 14. The van der Waals surface area contributed by atoms with Crippen molar-refractivity contribution in [2.24, 2.45) is 15.9 Å². The number of carbonyl (C=O) groups is 3. The number of imide groups is 1. The number of hydrogen-bond donors (Lipinski definition) is 6. The van der Waals surface area contributed by atoms with E-state index < -0.39 is 24.0 Å². The van der Waals surface area contributed by atoms with Crippen molar-refractivity contribution in [2.45, 2.75) is 44.0 Å². The third-order valence-electron chi connectivity index (χ3n) is 5.47. The van der Waals surface area contributed by atoms with Gasteiger partial charge in [0.25, 0.3) is 11.8 Å². The number of aliphatic imine (C=N–C) groups is 1. The van der Waals surface area contributed by atoms with E-state index in [0.717, 1.165) is 4.90 Å². The molecule has 0 aromatic rings. The highest BCUT2D eigenvalue weighted by Gasteiger charge is 2.28. The van der Waals surface area contributed by atoms with E-state index >= 15 is 0 Å². The van der Waals surface area contributed by atoms with Crippen molar-refractivity contribution in [1.82, 2.24) is 15.4 Å². The zero-order chi connectivity index (χ0) is 29.0. The van der Waals surface area contributed by atoms with E-state index in [0.29, 0.717) is 57.9 Å². The van der Waals surface area contributed by atoms with Gasteiger partial charge in [-0.2, -0.15) is 5.10 Å². The number of hydroxylamine groups is 2. The third-order valence-corrected chi connectivity index (χ3v) is 5.47. The normalized spacial score (nSPS) is 21.5. The van der Waals surface area contributed by atoms with Crippen molar-refractivity contribution in [3.63, 3.8) is 0 Å². The maximum absolute atomic E-state index is 11.6. The maximum atomic E-state index is 11.6. The summed E-state index contributed by atoms with van der Waals surface area (Å²) in [6, 6.07) is 0. The van der Waals surface area contributed by atoms with Crippen LogP contribution in [0.3, 0.4) is 0 Å². The fourth-order valence-corrected chi connectivity index (χ4v) is 3.28. The molecule has 2 rings (SSSR count). The zero-order valence-electron chi connectivity index (χ0n) is 22.1. The van der Waals surface area contributed by atoms with Gasteiger partial charge in [-0.25, -0.2) is 0 Å². The number of nitrogens with zero attached hydrogens (tertiary/aromatic N) is 4. The van der Waals surface area contributed by atoms with Gasteiger partial charge >= 0.3 is 0 Å². The summed E-state index contributed by atoms with van der Waals surface area (Å²) in [6.45, 7) is 2.28. The summed E-state index contributed by atoms with van der Waals surface area (Å²) in [5.74, 6) is 4.20. The highest BCUT2D eigenvalue weighted by Crippen LogP contribution is 2.16. The summed E-state index contributed by atoms with van der Waals surface area (Å²) in [7, 11) is 1.60. The summed E-state index contributed by atoms with van der Waals surface area (Å²) < 4.78 is 15.4. The van der Waals surface area contributed by atoms with Crippen LogP contribution in [-0.4, -0.2) is 138 Å². The molecule has 222 valence electrons. The number of amides is 3. The molecule has 0 spiro atoms. The molecule has 3 atom stereocenters. The van der Waals surface area contributed by atoms with E-state index in [1.54, 1.807) is 13.3 Å². The van der Waals surface area contributed by atoms with Gasteiger partial charge in [0.05, 0.1) is 57.4 Å². The summed E-state index contributed by atoms with van der Waals surface area (Å²) in [4.78, 5) is 39.5. The first-order chi connectivity index (χ1) is 18.7. The third kappa shape index (κ3) is 15.4. The molecular weight excluding hydrogens is 520 g/mol. The van der Waals surface area contributed by atoms with Crippen molar-refractivity contribution in [3.05, 3.63) is 12.2 Å². The molecule has 3 amide bonds. The van der Waals surface area contributed by atoms with Gasteiger partial charge in [-0.05, 0) is 6.42 Å². The van der Waals surface area contributed by atoms with Gasteiger partial charge in [-0.15, -0.1) is 0 Å². The largest absolute Gasteiger partial charge is 0.390 e. The van der Waals surface area contributed by atoms with Gasteiger partial charge in [0.2, 0.25) is 5.91 Å². The average Bonchev–Trinajstić information content (AvgIpc) is 3.23. The maximum Gasteiger partial charge on any atom is 0.253 e. The molecule has 0 aromatic carbocycles. The van der Waals surface area contributed by atoms with E-state index in [1.165, 1.54) is 12.2 Å². The Morgan fingerprint density at radius 3 is 2.54 bits per heavy atom. The molecule has 39 heavy (non-hydrogen) atoms. The Labute approximate surface area is 226 Å². The Morgan fingerprint density at radius 2 is 1.92 bits per heavy atom. The number of nitrogens with one attached hydrogen (secondary N) is 1. The van der Waals surface area contributed by atoms with E-state index in [2.05, 4.69) is 15.4 Å². The van der Waals surface area contributed by atoms with E-state index in [-0.39, 0.29) is 43.4 Å². The van der Waals surface area contributed by atoms with Crippen LogP contribution in [0.4, 0.5) is 0 Å². The standard InChI is InChI=1S/C16H25N5O5.C7H15NO5/c1-25-9-5-13(20-17)12-18-6-10-26-11-7-19-14(22)4-8-21-15(23)2-3-16(21)24;9-6-3-5(1-2-8(11)12)13-4-7(6)10/h2-3,12H,4-11,17H2,1H3,(H,19,22);5-7,9-12H,1-4H2/b18-12?,20-13-;. The molecule has 2 aliphatic rings. The van der Waals surface area contributed by atoms with Crippen LogP contribution in [0.1, 0.15) is 25.7 Å². The van der Waals surface area contributed by atoms with Gasteiger partial charge in [-0.3, -0.25) is 34.7 Å². The summed E-state index contributed by atoms with van der Waals surface area (Å²) in [5, 5.41) is 41.5. The molecule has 0 bridgehead atoms. The van der Waals surface area contributed by atoms with Gasteiger partial charge in [-0.1, -0.05) is 5.23 Å². The van der Waals surface area contributed by atoms with Crippen LogP contribution in [0.15, 0.2) is 22.2 Å². The van der Waals surface area contributed by atoms with Crippen LogP contribution < -0.4 is 11.2 Å². The van der Waals surface area contributed by atoms with Crippen LogP contribution in [0.5, 0.6) is 0 Å². The second-order valence-electron chi connectivity index (χ2n) is 8.48. The van der Waals surface area contributed by atoms with Gasteiger partial charge in [0, 0.05) is 57.8 Å². The van der Waals surface area contributed by atoms with Crippen molar-refractivity contribution in [3.8, 4) is 0 Å².